The van der Waals surface area contributed by atoms with Gasteiger partial charge in [0.15, 0.2) is 7.05 Å². The maximum Gasteiger partial charge on any atom is 0.254 e. The molecule has 0 unspecified atom stereocenters. The van der Waals surface area contributed by atoms with Gasteiger partial charge in [-0.2, -0.15) is 0 Å². The third-order valence-corrected chi connectivity index (χ3v) is 1.32. The Morgan fingerprint density at radius 2 is 2.71 bits per heavy atom. The van der Waals surface area contributed by atoms with Crippen LogP contribution in [0.5, 0.6) is 0 Å². The van der Waals surface area contributed by atoms with Gasteiger partial charge in [0.2, 0.25) is 0 Å². The number of rotatable bonds is 0. The van der Waals surface area contributed by atoms with Crippen LogP contribution in [0.25, 0.3) is 0 Å². The van der Waals surface area contributed by atoms with Crippen molar-refractivity contribution in [3.05, 3.63) is 5.51 Å². The Labute approximate surface area is 45.4 Å². The van der Waals surface area contributed by atoms with Crippen molar-refractivity contribution in [2.24, 2.45) is 7.05 Å². The van der Waals surface area contributed by atoms with Gasteiger partial charge in [-0.25, -0.2) is 0 Å². The highest BCUT2D eigenvalue weighted by Gasteiger charge is 1.95. The minimum atomic E-state index is 0.613. The Bertz CT molecular complexity index is 142. The van der Waals surface area contributed by atoms with Crippen LogP contribution in [0.15, 0.2) is 5.51 Å². The first-order valence-corrected chi connectivity index (χ1v) is 2.74. The smallest absolute Gasteiger partial charge is 0.254 e. The normalized spacial score (nSPS) is 9.29. The summed E-state index contributed by atoms with van der Waals surface area (Å²) in [6, 6.07) is 0. The van der Waals surface area contributed by atoms with Crippen molar-refractivity contribution in [2.45, 2.75) is 0 Å². The molecule has 0 amide bonds. The molecule has 0 saturated carbocycles. The van der Waals surface area contributed by atoms with Crippen LogP contribution >= 0.6 is 11.3 Å². The number of nitrogens with zero attached hydrogens (tertiary/aromatic N) is 2. The zero-order chi connectivity index (χ0) is 5.28. The minimum Gasteiger partial charge on any atom is -0.370 e. The quantitative estimate of drug-likeness (QED) is 0.466. The summed E-state index contributed by atoms with van der Waals surface area (Å²) in [6.45, 7) is 0. The lowest BCUT2D eigenvalue weighted by Crippen LogP contribution is -2.28. The van der Waals surface area contributed by atoms with Crippen molar-refractivity contribution >= 4 is 16.5 Å². The number of hydrogen-bond acceptors (Lipinski definition) is 3. The molecule has 0 spiro atoms. The van der Waals surface area contributed by atoms with Crippen LogP contribution in [-0.2, 0) is 7.05 Å². The molecule has 0 aromatic carbocycles. The molecule has 0 aliphatic heterocycles. The molecule has 0 saturated heterocycles. The van der Waals surface area contributed by atoms with Crippen LogP contribution in [0, 0.1) is 0 Å². The Morgan fingerprint density at radius 3 is 2.86 bits per heavy atom. The topological polar surface area (TPSA) is 42.8 Å². The average Bonchev–Trinajstić information content (AvgIpc) is 1.87. The fourth-order valence-electron chi connectivity index (χ4n) is 0.333. The summed E-state index contributed by atoms with van der Waals surface area (Å²) >= 11 is 1.43. The van der Waals surface area contributed by atoms with Gasteiger partial charge in [-0.1, -0.05) is 4.68 Å². The van der Waals surface area contributed by atoms with Crippen molar-refractivity contribution in [2.75, 3.05) is 5.73 Å². The second-order valence-electron chi connectivity index (χ2n) is 1.24. The molecule has 1 aromatic rings. The van der Waals surface area contributed by atoms with Crippen LogP contribution in [-0.4, -0.2) is 5.10 Å². The summed E-state index contributed by atoms with van der Waals surface area (Å²) in [6.07, 6.45) is 0. The maximum atomic E-state index is 5.27. The van der Waals surface area contributed by atoms with E-state index in [1.807, 2.05) is 12.6 Å². The van der Waals surface area contributed by atoms with E-state index in [-0.39, 0.29) is 0 Å². The molecule has 7 heavy (non-hydrogen) atoms. The molecule has 0 aliphatic rings. The second kappa shape index (κ2) is 1.46. The summed E-state index contributed by atoms with van der Waals surface area (Å²) in [4.78, 5) is 0. The number of nitrogen functional groups attached to an aromatic ring is 1. The van der Waals surface area contributed by atoms with Gasteiger partial charge in [0.05, 0.1) is 0 Å². The fourth-order valence-corrected chi connectivity index (χ4v) is 0.816. The molecule has 0 radical (unpaired) electrons. The monoisotopic (exact) mass is 116 g/mol. The van der Waals surface area contributed by atoms with E-state index in [4.69, 9.17) is 5.73 Å². The molecule has 1 aromatic heterocycles. The molecular formula is C3H6N3S+. The van der Waals surface area contributed by atoms with E-state index in [9.17, 15) is 0 Å². The highest BCUT2D eigenvalue weighted by Crippen LogP contribution is 1.97. The first-order valence-electron chi connectivity index (χ1n) is 1.86. The van der Waals surface area contributed by atoms with Crippen molar-refractivity contribution < 1.29 is 4.68 Å². The zero-order valence-corrected chi connectivity index (χ0v) is 4.77. The Hall–Kier alpha value is -0.640. The van der Waals surface area contributed by atoms with Crippen LogP contribution < -0.4 is 10.4 Å². The fraction of sp³-hybridized carbons (Fsp3) is 0.333. The number of hydrogen-bond donors (Lipinski definition) is 1. The van der Waals surface area contributed by atoms with Crippen molar-refractivity contribution in [1.29, 1.82) is 0 Å². The van der Waals surface area contributed by atoms with Crippen molar-refractivity contribution in [3.63, 3.8) is 0 Å². The molecule has 0 fully saturated rings. The molecule has 1 rings (SSSR count). The Morgan fingerprint density at radius 1 is 2.00 bits per heavy atom. The van der Waals surface area contributed by atoms with Gasteiger partial charge in [0, 0.05) is 5.10 Å². The second-order valence-corrected chi connectivity index (χ2v) is 2.10. The lowest BCUT2D eigenvalue weighted by molar-refractivity contribution is -0.724. The lowest BCUT2D eigenvalue weighted by Gasteiger charge is -1.64. The molecule has 38 valence electrons. The third-order valence-electron chi connectivity index (χ3n) is 0.582. The highest BCUT2D eigenvalue weighted by atomic mass is 32.1. The van der Waals surface area contributed by atoms with Gasteiger partial charge < -0.3 is 5.73 Å². The van der Waals surface area contributed by atoms with Crippen LogP contribution in [0.3, 0.4) is 0 Å². The molecule has 1 heterocycles. The van der Waals surface area contributed by atoms with Gasteiger partial charge >= 0.3 is 0 Å². The van der Waals surface area contributed by atoms with Crippen LogP contribution in [0.2, 0.25) is 0 Å². The van der Waals surface area contributed by atoms with E-state index in [0.29, 0.717) is 5.13 Å². The van der Waals surface area contributed by atoms with E-state index in [2.05, 4.69) is 5.10 Å². The highest BCUT2D eigenvalue weighted by molar-refractivity contribution is 7.12. The minimum absolute atomic E-state index is 0.613. The molecule has 3 nitrogen and oxygen atoms in total. The van der Waals surface area contributed by atoms with Crippen molar-refractivity contribution in [3.8, 4) is 0 Å². The zero-order valence-electron chi connectivity index (χ0n) is 3.96. The first-order chi connectivity index (χ1) is 3.29. The molecule has 0 bridgehead atoms. The van der Waals surface area contributed by atoms with Crippen LogP contribution in [0.1, 0.15) is 0 Å². The number of nitrogens with two attached hydrogens (primary N) is 1. The summed E-state index contributed by atoms with van der Waals surface area (Å²) in [7, 11) is 1.84. The van der Waals surface area contributed by atoms with Crippen LogP contribution in [0.4, 0.5) is 5.13 Å². The van der Waals surface area contributed by atoms with Crippen molar-refractivity contribution in [1.82, 2.24) is 5.10 Å². The molecule has 4 heteroatoms. The van der Waals surface area contributed by atoms with Gasteiger partial charge in [-0.15, -0.1) is 0 Å². The third kappa shape index (κ3) is 0.866. The average molecular weight is 116 g/mol. The number of aromatic nitrogens is 2. The summed E-state index contributed by atoms with van der Waals surface area (Å²) in [5, 5.41) is 4.44. The Balaban J connectivity index is 3.04. The summed E-state index contributed by atoms with van der Waals surface area (Å²) in [5.41, 5.74) is 7.11. The summed E-state index contributed by atoms with van der Waals surface area (Å²) < 4.78 is 1.68. The van der Waals surface area contributed by atoms with Gasteiger partial charge in [-0.3, -0.25) is 0 Å². The van der Waals surface area contributed by atoms with Gasteiger partial charge in [0.1, 0.15) is 0 Å². The SMILES string of the molecule is C[n+]1csc(N)n1. The van der Waals surface area contributed by atoms with E-state index >= 15 is 0 Å². The summed E-state index contributed by atoms with van der Waals surface area (Å²) in [5.74, 6) is 0. The van der Waals surface area contributed by atoms with Gasteiger partial charge in [-0.05, 0) is 11.3 Å². The molecule has 2 N–H and O–H groups in total. The van der Waals surface area contributed by atoms with E-state index in [1.54, 1.807) is 4.68 Å². The molecule has 0 atom stereocenters. The lowest BCUT2D eigenvalue weighted by atomic mass is 11.2. The standard InChI is InChI=1S/C3H6N3S/c1-6-2-7-3(4)5-6/h2H,1H3,(H2,4,5)/q+1. The molecular weight excluding hydrogens is 110 g/mol. The molecule has 0 aliphatic carbocycles. The largest absolute Gasteiger partial charge is 0.370 e. The van der Waals surface area contributed by atoms with E-state index in [0.717, 1.165) is 0 Å². The predicted octanol–water partition coefficient (Wildman–Crippen LogP) is -0.450. The van der Waals surface area contributed by atoms with E-state index < -0.39 is 0 Å². The Kier molecular flexibility index (Phi) is 0.941. The first kappa shape index (κ1) is 4.52. The number of aryl methyl sites for hydroxylation is 1. The number of anilines is 1. The predicted molar refractivity (Wildman–Crippen MR) is 27.7 cm³/mol. The van der Waals surface area contributed by atoms with E-state index in [1.165, 1.54) is 11.3 Å². The van der Waals surface area contributed by atoms with Gasteiger partial charge in [0.25, 0.3) is 10.6 Å². The maximum absolute atomic E-state index is 5.27.